The van der Waals surface area contributed by atoms with Crippen LogP contribution >= 0.6 is 11.6 Å². The second kappa shape index (κ2) is 6.75. The standard InChI is InChI=1S/C16H16ClN5O/c17-15-3-2-13-14(22-15)5-10(8-20-13)11(6-18)7-19-9-12-1-4-16(23)21-12/h2-3,5-8,12H,1,4,9,18H2,(H,21,23)/t12-/m1/s1. The molecule has 0 spiro atoms. The third kappa shape index (κ3) is 3.65. The Labute approximate surface area is 138 Å². The van der Waals surface area contributed by atoms with Crippen LogP contribution in [0.25, 0.3) is 16.6 Å². The topological polar surface area (TPSA) is 93.3 Å². The second-order valence-corrected chi connectivity index (χ2v) is 5.70. The molecule has 1 atom stereocenters. The van der Waals surface area contributed by atoms with Gasteiger partial charge in [-0.25, -0.2) is 4.98 Å². The zero-order chi connectivity index (χ0) is 16.2. The molecule has 3 N–H and O–H groups in total. The smallest absolute Gasteiger partial charge is 0.220 e. The molecule has 1 aliphatic heterocycles. The molecule has 2 aromatic rings. The maximum atomic E-state index is 11.2. The molecule has 118 valence electrons. The number of nitrogens with one attached hydrogen (secondary N) is 1. The number of rotatable bonds is 4. The highest BCUT2D eigenvalue weighted by atomic mass is 35.5. The molecule has 23 heavy (non-hydrogen) atoms. The van der Waals surface area contributed by atoms with Crippen molar-refractivity contribution < 1.29 is 4.79 Å². The van der Waals surface area contributed by atoms with Crippen molar-refractivity contribution in [3.05, 3.63) is 41.3 Å². The number of aromatic nitrogens is 2. The van der Waals surface area contributed by atoms with Crippen LogP contribution in [0.3, 0.4) is 0 Å². The van der Waals surface area contributed by atoms with Gasteiger partial charge in [-0.05, 0) is 24.6 Å². The summed E-state index contributed by atoms with van der Waals surface area (Å²) in [6.07, 6.45) is 6.28. The van der Waals surface area contributed by atoms with E-state index in [0.717, 1.165) is 23.1 Å². The first kappa shape index (κ1) is 15.4. The minimum absolute atomic E-state index is 0.0847. The average molecular weight is 330 g/mol. The first-order valence-corrected chi connectivity index (χ1v) is 7.67. The van der Waals surface area contributed by atoms with Crippen molar-refractivity contribution in [3.8, 4) is 0 Å². The summed E-state index contributed by atoms with van der Waals surface area (Å²) in [5.74, 6) is 0.0847. The molecule has 1 amide bonds. The molecule has 1 saturated heterocycles. The Bertz CT molecular complexity index is 802. The molecule has 0 aromatic carbocycles. The van der Waals surface area contributed by atoms with Crippen molar-refractivity contribution in [2.45, 2.75) is 18.9 Å². The van der Waals surface area contributed by atoms with Gasteiger partial charge in [0.25, 0.3) is 0 Å². The van der Waals surface area contributed by atoms with Crippen molar-refractivity contribution in [2.75, 3.05) is 6.54 Å². The molecular formula is C16H16ClN5O. The molecule has 0 aliphatic carbocycles. The van der Waals surface area contributed by atoms with E-state index in [1.54, 1.807) is 18.5 Å². The van der Waals surface area contributed by atoms with Gasteiger partial charge in [0.05, 0.1) is 17.6 Å². The molecule has 3 heterocycles. The maximum absolute atomic E-state index is 11.2. The van der Waals surface area contributed by atoms with Gasteiger partial charge in [-0.15, -0.1) is 0 Å². The number of carbonyl (C=O) groups excluding carboxylic acids is 1. The number of nitrogens with zero attached hydrogens (tertiary/aromatic N) is 3. The van der Waals surface area contributed by atoms with Gasteiger partial charge in [0.1, 0.15) is 5.15 Å². The van der Waals surface area contributed by atoms with Gasteiger partial charge in [-0.3, -0.25) is 14.8 Å². The Kier molecular flexibility index (Phi) is 4.52. The van der Waals surface area contributed by atoms with Crippen LogP contribution in [-0.2, 0) is 4.79 Å². The summed E-state index contributed by atoms with van der Waals surface area (Å²) in [4.78, 5) is 24.1. The number of hydrogen-bond acceptors (Lipinski definition) is 5. The Morgan fingerprint density at radius 3 is 3.09 bits per heavy atom. The minimum atomic E-state index is 0.0847. The summed E-state index contributed by atoms with van der Waals surface area (Å²) in [6, 6.07) is 5.49. The third-order valence-corrected chi connectivity index (χ3v) is 3.87. The molecule has 1 fully saturated rings. The lowest BCUT2D eigenvalue weighted by Gasteiger charge is -2.06. The van der Waals surface area contributed by atoms with Gasteiger partial charge in [-0.2, -0.15) is 0 Å². The molecule has 0 unspecified atom stereocenters. The van der Waals surface area contributed by atoms with Gasteiger partial charge in [0.15, 0.2) is 0 Å². The van der Waals surface area contributed by atoms with Crippen LogP contribution in [0.5, 0.6) is 0 Å². The zero-order valence-electron chi connectivity index (χ0n) is 12.4. The fourth-order valence-electron chi connectivity index (χ4n) is 2.45. The number of carbonyl (C=O) groups is 1. The van der Waals surface area contributed by atoms with Crippen molar-refractivity contribution >= 4 is 40.3 Å². The van der Waals surface area contributed by atoms with E-state index in [-0.39, 0.29) is 11.9 Å². The van der Waals surface area contributed by atoms with E-state index in [0.29, 0.717) is 23.6 Å². The van der Waals surface area contributed by atoms with Crippen LogP contribution in [-0.4, -0.2) is 34.7 Å². The van der Waals surface area contributed by atoms with Crippen LogP contribution in [0.1, 0.15) is 18.4 Å². The molecule has 0 saturated carbocycles. The summed E-state index contributed by atoms with van der Waals surface area (Å²) in [5, 5.41) is 3.29. The highest BCUT2D eigenvalue weighted by Crippen LogP contribution is 2.18. The number of hydrogen-bond donors (Lipinski definition) is 2. The van der Waals surface area contributed by atoms with Crippen molar-refractivity contribution in [1.82, 2.24) is 15.3 Å². The maximum Gasteiger partial charge on any atom is 0.220 e. The summed E-state index contributed by atoms with van der Waals surface area (Å²) < 4.78 is 0. The van der Waals surface area contributed by atoms with Gasteiger partial charge in [0, 0.05) is 42.2 Å². The van der Waals surface area contributed by atoms with E-state index in [1.165, 1.54) is 6.20 Å². The molecule has 1 aliphatic rings. The molecule has 6 nitrogen and oxygen atoms in total. The van der Waals surface area contributed by atoms with Gasteiger partial charge in [0.2, 0.25) is 5.91 Å². The Balaban J connectivity index is 1.76. The van der Waals surface area contributed by atoms with Gasteiger partial charge >= 0.3 is 0 Å². The molecule has 0 bridgehead atoms. The van der Waals surface area contributed by atoms with Crippen molar-refractivity contribution in [2.24, 2.45) is 10.7 Å². The normalized spacial score (nSPS) is 18.7. The predicted molar refractivity (Wildman–Crippen MR) is 91.2 cm³/mol. The lowest BCUT2D eigenvalue weighted by molar-refractivity contribution is -0.119. The molecule has 2 aromatic heterocycles. The third-order valence-electron chi connectivity index (χ3n) is 3.66. The summed E-state index contributed by atoms with van der Waals surface area (Å²) in [7, 11) is 0. The number of pyridine rings is 2. The zero-order valence-corrected chi connectivity index (χ0v) is 13.1. The first-order valence-electron chi connectivity index (χ1n) is 7.29. The largest absolute Gasteiger partial charge is 0.404 e. The highest BCUT2D eigenvalue weighted by Gasteiger charge is 2.19. The fourth-order valence-corrected chi connectivity index (χ4v) is 2.60. The van der Waals surface area contributed by atoms with Crippen LogP contribution in [0, 0.1) is 0 Å². The summed E-state index contributed by atoms with van der Waals surface area (Å²) >= 11 is 5.91. The number of nitrogens with two attached hydrogens (primary N) is 1. The van der Waals surface area contributed by atoms with Crippen molar-refractivity contribution in [3.63, 3.8) is 0 Å². The molecule has 7 heteroatoms. The second-order valence-electron chi connectivity index (χ2n) is 5.32. The Hall–Kier alpha value is -2.47. The first-order chi connectivity index (χ1) is 11.2. The van der Waals surface area contributed by atoms with E-state index in [4.69, 9.17) is 17.3 Å². The van der Waals surface area contributed by atoms with E-state index in [1.807, 2.05) is 12.1 Å². The Morgan fingerprint density at radius 1 is 1.48 bits per heavy atom. The number of allylic oxidation sites excluding steroid dienone is 1. The van der Waals surface area contributed by atoms with Gasteiger partial charge in [-0.1, -0.05) is 11.6 Å². The minimum Gasteiger partial charge on any atom is -0.404 e. The number of halogens is 1. The highest BCUT2D eigenvalue weighted by molar-refractivity contribution is 6.29. The van der Waals surface area contributed by atoms with Crippen LogP contribution in [0.2, 0.25) is 5.15 Å². The van der Waals surface area contributed by atoms with Gasteiger partial charge < -0.3 is 11.1 Å². The summed E-state index contributed by atoms with van der Waals surface area (Å²) in [5.41, 5.74) is 8.72. The monoisotopic (exact) mass is 329 g/mol. The van der Waals surface area contributed by atoms with Crippen molar-refractivity contribution in [1.29, 1.82) is 0 Å². The quantitative estimate of drug-likeness (QED) is 0.662. The number of amides is 1. The average Bonchev–Trinajstić information content (AvgIpc) is 2.96. The van der Waals surface area contributed by atoms with E-state index in [2.05, 4.69) is 20.3 Å². The summed E-state index contributed by atoms with van der Waals surface area (Å²) in [6.45, 7) is 0.536. The number of fused-ring (bicyclic) bond motifs is 1. The SMILES string of the molecule is NC=C(C=NC[C@H]1CCC(=O)N1)c1cnc2ccc(Cl)nc2c1. The van der Waals surface area contributed by atoms with Crippen LogP contribution < -0.4 is 11.1 Å². The lowest BCUT2D eigenvalue weighted by atomic mass is 10.1. The van der Waals surface area contributed by atoms with E-state index in [9.17, 15) is 4.79 Å². The Morgan fingerprint density at radius 2 is 2.35 bits per heavy atom. The van der Waals surface area contributed by atoms with Crippen LogP contribution in [0.4, 0.5) is 0 Å². The predicted octanol–water partition coefficient (Wildman–Crippen LogP) is 1.93. The lowest BCUT2D eigenvalue weighted by Crippen LogP contribution is -2.27. The van der Waals surface area contributed by atoms with E-state index >= 15 is 0 Å². The fraction of sp³-hybridized carbons (Fsp3) is 0.250. The molecule has 3 rings (SSSR count). The number of aliphatic imine (C=N–C) groups is 1. The van der Waals surface area contributed by atoms with Crippen LogP contribution in [0.15, 0.2) is 35.6 Å². The molecular weight excluding hydrogens is 314 g/mol. The molecule has 0 radical (unpaired) electrons. The van der Waals surface area contributed by atoms with E-state index < -0.39 is 0 Å².